The van der Waals surface area contributed by atoms with E-state index in [1.54, 1.807) is 5.32 Å². The number of alkyl halides is 6. The predicted octanol–water partition coefficient (Wildman–Crippen LogP) is 5.45. The quantitative estimate of drug-likeness (QED) is 0.214. The molecule has 16 heteroatoms. The average molecular weight is 600 g/mol. The van der Waals surface area contributed by atoms with E-state index in [9.17, 15) is 45.8 Å². The van der Waals surface area contributed by atoms with Gasteiger partial charge in [-0.1, -0.05) is 34.8 Å². The minimum atomic E-state index is -5.35. The molecule has 2 amide bonds. The molecule has 0 spiro atoms. The Labute approximate surface area is 218 Å². The number of hydrogen-bond donors (Lipinski definition) is 3. The number of aliphatic hydroxyl groups is 1. The molecule has 0 aliphatic rings. The Hall–Kier alpha value is -2.06. The molecule has 2 aromatic rings. The smallest absolute Gasteiger partial charge is 0.376 e. The molecule has 36 heavy (non-hydrogen) atoms. The summed E-state index contributed by atoms with van der Waals surface area (Å²) in [7, 11) is 0. The van der Waals surface area contributed by atoms with E-state index in [-0.39, 0.29) is 30.4 Å². The summed E-state index contributed by atoms with van der Waals surface area (Å²) >= 11 is 17.8. The van der Waals surface area contributed by atoms with Crippen molar-refractivity contribution in [1.82, 2.24) is 10.6 Å². The van der Waals surface area contributed by atoms with E-state index in [0.717, 1.165) is 18.2 Å². The Kier molecular flexibility index (Phi) is 9.33. The molecule has 0 saturated heterocycles. The maximum absolute atomic E-state index is 13.9. The number of aryl methyl sites for hydroxylation is 1. The van der Waals surface area contributed by atoms with Crippen molar-refractivity contribution in [3.8, 4) is 0 Å². The van der Waals surface area contributed by atoms with Gasteiger partial charge in [0.15, 0.2) is 11.4 Å². The first-order chi connectivity index (χ1) is 16.4. The molecule has 6 nitrogen and oxygen atoms in total. The SMILES string of the molecule is Cc1cc(C(=O)CC(O)(c2cc(Cl)c(Cl)c(Cl)c2)C(F)(F)F)sc1C(=O)NCC(=O)NCC(F)(F)F. The molecule has 1 heterocycles. The minimum Gasteiger partial charge on any atom is -0.376 e. The van der Waals surface area contributed by atoms with E-state index in [2.05, 4.69) is 5.32 Å². The molecule has 0 aliphatic heterocycles. The van der Waals surface area contributed by atoms with Crippen LogP contribution in [0.3, 0.4) is 0 Å². The fraction of sp³-hybridized carbons (Fsp3) is 0.350. The Morgan fingerprint density at radius 1 is 0.972 bits per heavy atom. The van der Waals surface area contributed by atoms with E-state index in [0.29, 0.717) is 11.3 Å². The lowest BCUT2D eigenvalue weighted by molar-refractivity contribution is -0.264. The summed E-state index contributed by atoms with van der Waals surface area (Å²) in [5.41, 5.74) is -4.40. The number of rotatable bonds is 8. The first kappa shape index (κ1) is 30.2. The van der Waals surface area contributed by atoms with Crippen molar-refractivity contribution >= 4 is 63.7 Å². The molecule has 0 aliphatic carbocycles. The summed E-state index contributed by atoms with van der Waals surface area (Å²) in [4.78, 5) is 35.9. The van der Waals surface area contributed by atoms with Crippen molar-refractivity contribution < 1.29 is 45.8 Å². The van der Waals surface area contributed by atoms with Gasteiger partial charge < -0.3 is 15.7 Å². The van der Waals surface area contributed by atoms with Gasteiger partial charge in [-0.3, -0.25) is 14.4 Å². The van der Waals surface area contributed by atoms with E-state index in [4.69, 9.17) is 34.8 Å². The highest BCUT2D eigenvalue weighted by atomic mass is 35.5. The molecular weight excluding hydrogens is 585 g/mol. The van der Waals surface area contributed by atoms with Gasteiger partial charge in [-0.25, -0.2) is 0 Å². The number of Topliss-reactive ketones (excluding diaryl/α,β-unsaturated/α-hetero) is 1. The van der Waals surface area contributed by atoms with Gasteiger partial charge in [0.05, 0.1) is 37.8 Å². The highest BCUT2D eigenvalue weighted by molar-refractivity contribution is 7.16. The second-order valence-electron chi connectivity index (χ2n) is 7.41. The molecule has 0 radical (unpaired) electrons. The van der Waals surface area contributed by atoms with Gasteiger partial charge in [-0.05, 0) is 36.2 Å². The first-order valence-corrected chi connectivity index (χ1v) is 11.5. The van der Waals surface area contributed by atoms with Crippen molar-refractivity contribution in [3.63, 3.8) is 0 Å². The maximum atomic E-state index is 13.9. The van der Waals surface area contributed by atoms with Gasteiger partial charge in [0, 0.05) is 0 Å². The predicted molar refractivity (Wildman–Crippen MR) is 121 cm³/mol. The van der Waals surface area contributed by atoms with Crippen LogP contribution in [0.5, 0.6) is 0 Å². The summed E-state index contributed by atoms with van der Waals surface area (Å²) in [6, 6.07) is 2.54. The number of hydrogen-bond acceptors (Lipinski definition) is 5. The maximum Gasteiger partial charge on any atom is 0.421 e. The largest absolute Gasteiger partial charge is 0.421 e. The molecule has 2 rings (SSSR count). The molecule has 3 N–H and O–H groups in total. The van der Waals surface area contributed by atoms with Crippen LogP contribution >= 0.6 is 46.1 Å². The van der Waals surface area contributed by atoms with E-state index in [1.165, 1.54) is 6.92 Å². The third-order valence-corrected chi connectivity index (χ3v) is 7.11. The topological polar surface area (TPSA) is 95.5 Å². The molecule has 1 aromatic carbocycles. The summed E-state index contributed by atoms with van der Waals surface area (Å²) in [6.07, 6.45) is -11.5. The van der Waals surface area contributed by atoms with Gasteiger partial charge in [0.25, 0.3) is 5.91 Å². The average Bonchev–Trinajstić information content (AvgIpc) is 3.14. The number of carbonyl (C=O) groups excluding carboxylic acids is 3. The van der Waals surface area contributed by atoms with Gasteiger partial charge in [0.1, 0.15) is 6.54 Å². The number of nitrogens with one attached hydrogen (secondary N) is 2. The highest BCUT2D eigenvalue weighted by Crippen LogP contribution is 2.45. The Balaban J connectivity index is 2.22. The zero-order valence-electron chi connectivity index (χ0n) is 17.8. The van der Waals surface area contributed by atoms with Crippen molar-refractivity contribution in [2.75, 3.05) is 13.1 Å². The van der Waals surface area contributed by atoms with Crippen molar-refractivity contribution in [3.05, 3.63) is 54.1 Å². The summed E-state index contributed by atoms with van der Waals surface area (Å²) in [5, 5.41) is 13.1. The number of amides is 2. The Bertz CT molecular complexity index is 1160. The fourth-order valence-corrected chi connectivity index (χ4v) is 4.45. The lowest BCUT2D eigenvalue weighted by atomic mass is 9.87. The number of halogens is 9. The number of carbonyl (C=O) groups is 3. The summed E-state index contributed by atoms with van der Waals surface area (Å²) in [5.74, 6) is -3.27. The molecule has 1 unspecified atom stereocenters. The van der Waals surface area contributed by atoms with Crippen LogP contribution in [0.25, 0.3) is 0 Å². The Morgan fingerprint density at radius 2 is 1.53 bits per heavy atom. The standard InChI is InChI=1S/C20H15Cl3F6N2O4S/c1-8-2-13(36-16(8)17(34)30-6-14(33)31-7-19(24,25)26)12(32)5-18(35,20(27,28)29)9-3-10(21)15(23)11(22)4-9/h2-4,35H,5-7H2,1H3,(H,30,34)(H,31,33). The van der Waals surface area contributed by atoms with Crippen LogP contribution in [-0.4, -0.2) is 48.1 Å². The van der Waals surface area contributed by atoms with Crippen LogP contribution in [0, 0.1) is 6.92 Å². The van der Waals surface area contributed by atoms with Crippen molar-refractivity contribution in [2.24, 2.45) is 0 Å². The lowest BCUT2D eigenvalue weighted by Crippen LogP contribution is -2.44. The fourth-order valence-electron chi connectivity index (χ4n) is 2.83. The van der Waals surface area contributed by atoms with Crippen LogP contribution in [0.15, 0.2) is 18.2 Å². The zero-order chi connectivity index (χ0) is 27.6. The Morgan fingerprint density at radius 3 is 2.03 bits per heavy atom. The second kappa shape index (κ2) is 11.1. The highest BCUT2D eigenvalue weighted by Gasteiger charge is 2.56. The van der Waals surface area contributed by atoms with Crippen LogP contribution in [0.1, 0.15) is 36.9 Å². The van der Waals surface area contributed by atoms with Crippen molar-refractivity contribution in [1.29, 1.82) is 0 Å². The minimum absolute atomic E-state index is 0.143. The molecule has 1 aromatic heterocycles. The molecule has 198 valence electrons. The normalized spacial score (nSPS) is 13.8. The number of benzene rings is 1. The van der Waals surface area contributed by atoms with Gasteiger partial charge in [0.2, 0.25) is 5.91 Å². The number of thiophene rings is 1. The molecule has 0 fully saturated rings. The van der Waals surface area contributed by atoms with Gasteiger partial charge in [-0.2, -0.15) is 26.3 Å². The zero-order valence-corrected chi connectivity index (χ0v) is 20.9. The summed E-state index contributed by atoms with van der Waals surface area (Å²) < 4.78 is 78.0. The van der Waals surface area contributed by atoms with Crippen LogP contribution in [0.2, 0.25) is 15.1 Å². The summed E-state index contributed by atoms with van der Waals surface area (Å²) in [6.45, 7) is -1.08. The molecular formula is C20H15Cl3F6N2O4S. The van der Waals surface area contributed by atoms with Gasteiger partial charge >= 0.3 is 12.4 Å². The third-order valence-electron chi connectivity index (χ3n) is 4.64. The van der Waals surface area contributed by atoms with E-state index >= 15 is 0 Å². The van der Waals surface area contributed by atoms with E-state index in [1.807, 2.05) is 0 Å². The van der Waals surface area contributed by atoms with Crippen molar-refractivity contribution in [2.45, 2.75) is 31.3 Å². The van der Waals surface area contributed by atoms with Gasteiger partial charge in [-0.15, -0.1) is 11.3 Å². The lowest BCUT2D eigenvalue weighted by Gasteiger charge is -2.30. The molecule has 0 saturated carbocycles. The van der Waals surface area contributed by atoms with Crippen LogP contribution in [-0.2, 0) is 10.4 Å². The van der Waals surface area contributed by atoms with Crippen LogP contribution < -0.4 is 10.6 Å². The molecule has 0 bridgehead atoms. The molecule has 1 atom stereocenters. The number of ketones is 1. The third kappa shape index (κ3) is 7.25. The monoisotopic (exact) mass is 598 g/mol. The second-order valence-corrected chi connectivity index (χ2v) is 9.65. The van der Waals surface area contributed by atoms with E-state index < -0.39 is 60.6 Å². The van der Waals surface area contributed by atoms with Crippen LogP contribution in [0.4, 0.5) is 26.3 Å². The first-order valence-electron chi connectivity index (χ1n) is 9.55.